The number of carbonyl (C=O) groups excluding carboxylic acids is 1. The summed E-state index contributed by atoms with van der Waals surface area (Å²) in [5, 5.41) is 39.9. The van der Waals surface area contributed by atoms with Gasteiger partial charge in [-0.2, -0.15) is 11.8 Å². The topological polar surface area (TPSA) is 190 Å². The molecule has 0 spiro atoms. The van der Waals surface area contributed by atoms with E-state index in [1.54, 1.807) is 0 Å². The van der Waals surface area contributed by atoms with Gasteiger partial charge in [0.2, 0.25) is 0 Å². The summed E-state index contributed by atoms with van der Waals surface area (Å²) in [5.74, 6) is -2.70. The maximum atomic E-state index is 11.1. The Labute approximate surface area is 213 Å². The van der Waals surface area contributed by atoms with Crippen LogP contribution in [0.3, 0.4) is 0 Å². The number of thioether (sulfide) groups is 1. The largest absolute Gasteiger partial charge is 0.481 e. The molecule has 11 nitrogen and oxygen atoms in total. The number of hydrogen-bond acceptors (Lipinski definition) is 6. The van der Waals surface area contributed by atoms with E-state index in [4.69, 9.17) is 20.4 Å². The molecule has 200 valence electrons. The second-order valence-corrected chi connectivity index (χ2v) is 9.58. The number of hydrogen-bond donors (Lipinski definition) is 6. The number of aromatic carboxylic acids is 2. The highest BCUT2D eigenvalue weighted by Gasteiger charge is 2.42. The van der Waals surface area contributed by atoms with E-state index in [1.807, 2.05) is 11.8 Å². The van der Waals surface area contributed by atoms with Crippen LogP contribution in [0.15, 0.2) is 24.3 Å². The summed E-state index contributed by atoms with van der Waals surface area (Å²) >= 11 is 1.87. The quantitative estimate of drug-likeness (QED) is 0.184. The van der Waals surface area contributed by atoms with E-state index in [0.29, 0.717) is 11.7 Å². The molecule has 2 saturated heterocycles. The lowest BCUT2D eigenvalue weighted by Gasteiger charge is -2.16. The molecular weight excluding hydrogens is 492 g/mol. The molecule has 2 amide bonds. The molecule has 2 fully saturated rings. The highest BCUT2D eigenvalue weighted by molar-refractivity contribution is 8.00. The van der Waals surface area contributed by atoms with Gasteiger partial charge in [-0.05, 0) is 37.5 Å². The zero-order valence-electron chi connectivity index (χ0n) is 20.1. The molecular formula is C24H34N2O9S. The van der Waals surface area contributed by atoms with Gasteiger partial charge in [0.05, 0.1) is 23.2 Å². The van der Waals surface area contributed by atoms with E-state index < -0.39 is 23.9 Å². The van der Waals surface area contributed by atoms with Crippen molar-refractivity contribution in [2.75, 3.05) is 5.75 Å². The van der Waals surface area contributed by atoms with E-state index >= 15 is 0 Å². The number of carboxylic acid groups (broad SMARTS) is 4. The monoisotopic (exact) mass is 526 g/mol. The normalized spacial score (nSPS) is 19.4. The third kappa shape index (κ3) is 11.9. The van der Waals surface area contributed by atoms with Gasteiger partial charge in [0.25, 0.3) is 0 Å². The minimum absolute atomic E-state index is 0.0186. The SMILES string of the molecule is CCCCCC(=O)O.O=C(O)CCCC[C@@H]1SC[C@@H]2NC(=O)N[C@@H]21.O=C(O)c1cccc(C(=O)O)c1. The molecule has 0 aromatic heterocycles. The van der Waals surface area contributed by atoms with Crippen LogP contribution in [-0.4, -0.2) is 73.4 Å². The Morgan fingerprint density at radius 2 is 1.44 bits per heavy atom. The van der Waals surface area contributed by atoms with Crippen molar-refractivity contribution in [1.82, 2.24) is 10.6 Å². The number of benzene rings is 1. The number of amides is 2. The molecule has 36 heavy (non-hydrogen) atoms. The molecule has 2 heterocycles. The number of fused-ring (bicyclic) bond motifs is 1. The van der Waals surface area contributed by atoms with Crippen LogP contribution in [0, 0.1) is 0 Å². The number of carboxylic acids is 4. The van der Waals surface area contributed by atoms with Crippen molar-refractivity contribution in [1.29, 1.82) is 0 Å². The van der Waals surface area contributed by atoms with E-state index in [1.165, 1.54) is 18.2 Å². The molecule has 12 heteroatoms. The molecule has 1 aromatic rings. The molecule has 6 N–H and O–H groups in total. The number of carbonyl (C=O) groups is 5. The van der Waals surface area contributed by atoms with Crippen LogP contribution in [0.25, 0.3) is 0 Å². The van der Waals surface area contributed by atoms with Gasteiger partial charge in [-0.3, -0.25) is 9.59 Å². The lowest BCUT2D eigenvalue weighted by atomic mass is 10.0. The summed E-state index contributed by atoms with van der Waals surface area (Å²) in [6, 6.07) is 5.64. The minimum atomic E-state index is -1.13. The zero-order chi connectivity index (χ0) is 27.1. The molecule has 1 aromatic carbocycles. The van der Waals surface area contributed by atoms with Crippen molar-refractivity contribution in [3.63, 3.8) is 0 Å². The van der Waals surface area contributed by atoms with Crippen LogP contribution in [0.2, 0.25) is 0 Å². The second-order valence-electron chi connectivity index (χ2n) is 8.30. The van der Waals surface area contributed by atoms with Crippen molar-refractivity contribution in [2.24, 2.45) is 0 Å². The van der Waals surface area contributed by atoms with Gasteiger partial charge >= 0.3 is 29.9 Å². The van der Waals surface area contributed by atoms with Crippen molar-refractivity contribution in [2.45, 2.75) is 75.6 Å². The van der Waals surface area contributed by atoms with Crippen LogP contribution in [0.1, 0.15) is 79.0 Å². The van der Waals surface area contributed by atoms with Gasteiger partial charge in [0.1, 0.15) is 0 Å². The maximum Gasteiger partial charge on any atom is 0.335 e. The average Bonchev–Trinajstić information content (AvgIpc) is 3.36. The first-order chi connectivity index (χ1) is 17.0. The Kier molecular flexibility index (Phi) is 14.0. The first-order valence-corrected chi connectivity index (χ1v) is 12.8. The molecule has 2 aliphatic rings. The van der Waals surface area contributed by atoms with E-state index in [-0.39, 0.29) is 35.7 Å². The van der Waals surface area contributed by atoms with Gasteiger partial charge in [0.15, 0.2) is 0 Å². The summed E-state index contributed by atoms with van der Waals surface area (Å²) in [4.78, 5) is 52.1. The van der Waals surface area contributed by atoms with Gasteiger partial charge < -0.3 is 31.1 Å². The Hall–Kier alpha value is -3.28. The fraction of sp³-hybridized carbons (Fsp3) is 0.542. The van der Waals surface area contributed by atoms with E-state index in [2.05, 4.69) is 17.6 Å². The van der Waals surface area contributed by atoms with Crippen LogP contribution >= 0.6 is 11.8 Å². The Bertz CT molecular complexity index is 880. The molecule has 0 saturated carbocycles. The number of aliphatic carboxylic acids is 2. The Morgan fingerprint density at radius 3 is 1.94 bits per heavy atom. The van der Waals surface area contributed by atoms with Crippen LogP contribution in [-0.2, 0) is 9.59 Å². The van der Waals surface area contributed by atoms with Crippen molar-refractivity contribution >= 4 is 41.7 Å². The third-order valence-corrected chi connectivity index (χ3v) is 6.93. The zero-order valence-corrected chi connectivity index (χ0v) is 21.0. The first kappa shape index (κ1) is 30.8. The summed E-state index contributed by atoms with van der Waals surface area (Å²) in [7, 11) is 0. The molecule has 2 aliphatic heterocycles. The highest BCUT2D eigenvalue weighted by atomic mass is 32.2. The Balaban J connectivity index is 0.000000288. The third-order valence-electron chi connectivity index (χ3n) is 5.42. The molecule has 0 radical (unpaired) electrons. The van der Waals surface area contributed by atoms with Crippen LogP contribution < -0.4 is 10.6 Å². The Morgan fingerprint density at radius 1 is 0.889 bits per heavy atom. The standard InChI is InChI=1S/C10H16N2O3S.C8H6O4.C6H12O2/c13-8(14)4-2-1-3-7-9-6(5-16-7)11-10(15)12-9;9-7(10)5-2-1-3-6(4-5)8(11)12;1-2-3-4-5-6(7)8/h6-7,9H,1-5H2,(H,13,14)(H2,11,12,15);1-4H,(H,9,10)(H,11,12);2-5H2,1H3,(H,7,8)/t6-,7-,9-;;/m0../s1. The molecule has 0 bridgehead atoms. The smallest absolute Gasteiger partial charge is 0.335 e. The molecule has 3 rings (SSSR count). The fourth-order valence-electron chi connectivity index (χ4n) is 3.58. The predicted molar refractivity (Wildman–Crippen MR) is 134 cm³/mol. The van der Waals surface area contributed by atoms with Gasteiger partial charge in [-0.1, -0.05) is 32.3 Å². The van der Waals surface area contributed by atoms with Gasteiger partial charge in [0, 0.05) is 23.8 Å². The summed E-state index contributed by atoms with van der Waals surface area (Å²) in [5.41, 5.74) is -0.0372. The fourth-order valence-corrected chi connectivity index (χ4v) is 5.12. The second kappa shape index (κ2) is 16.4. The molecule has 0 aliphatic carbocycles. The number of nitrogens with one attached hydrogen (secondary N) is 2. The van der Waals surface area contributed by atoms with Crippen LogP contribution in [0.4, 0.5) is 4.79 Å². The first-order valence-electron chi connectivity index (χ1n) is 11.7. The summed E-state index contributed by atoms with van der Waals surface area (Å²) in [6.45, 7) is 2.06. The van der Waals surface area contributed by atoms with Gasteiger partial charge in [-0.15, -0.1) is 0 Å². The van der Waals surface area contributed by atoms with E-state index in [0.717, 1.165) is 50.3 Å². The summed E-state index contributed by atoms with van der Waals surface area (Å²) < 4.78 is 0. The minimum Gasteiger partial charge on any atom is -0.481 e. The molecule has 3 atom stereocenters. The van der Waals surface area contributed by atoms with Crippen molar-refractivity contribution in [3.05, 3.63) is 35.4 Å². The van der Waals surface area contributed by atoms with Gasteiger partial charge in [-0.25, -0.2) is 14.4 Å². The number of unbranched alkanes of at least 4 members (excludes halogenated alkanes) is 3. The van der Waals surface area contributed by atoms with E-state index in [9.17, 15) is 24.0 Å². The molecule has 0 unspecified atom stereocenters. The maximum absolute atomic E-state index is 11.1. The predicted octanol–water partition coefficient (Wildman–Crippen LogP) is 3.53. The van der Waals surface area contributed by atoms with Crippen molar-refractivity contribution < 1.29 is 44.4 Å². The van der Waals surface area contributed by atoms with Crippen LogP contribution in [0.5, 0.6) is 0 Å². The summed E-state index contributed by atoms with van der Waals surface area (Å²) in [6.07, 6.45) is 6.16. The lowest BCUT2D eigenvalue weighted by Crippen LogP contribution is -2.36. The van der Waals surface area contributed by atoms with Crippen molar-refractivity contribution in [3.8, 4) is 0 Å². The number of urea groups is 1. The lowest BCUT2D eigenvalue weighted by molar-refractivity contribution is -0.138. The number of rotatable bonds is 11. The average molecular weight is 527 g/mol. The highest BCUT2D eigenvalue weighted by Crippen LogP contribution is 2.33.